The Morgan fingerprint density at radius 1 is 1.12 bits per heavy atom. The van der Waals surface area contributed by atoms with Crippen LogP contribution in [0.2, 0.25) is 0 Å². The standard InChI is InChI=1S/C13H14N2S/c1-10-3-2-4-12(15-10)9-16-13-7-5-11(14)6-8-13/h2-8H,9,14H2,1H3. The first kappa shape index (κ1) is 11.0. The van der Waals surface area contributed by atoms with Gasteiger partial charge in [0.25, 0.3) is 0 Å². The van der Waals surface area contributed by atoms with Crippen molar-refractivity contribution in [1.29, 1.82) is 0 Å². The number of pyridine rings is 1. The summed E-state index contributed by atoms with van der Waals surface area (Å²) >= 11 is 1.77. The van der Waals surface area contributed by atoms with Gasteiger partial charge >= 0.3 is 0 Å². The predicted octanol–water partition coefficient (Wildman–Crippen LogP) is 3.26. The van der Waals surface area contributed by atoms with Crippen LogP contribution in [0, 0.1) is 6.92 Å². The van der Waals surface area contributed by atoms with Gasteiger partial charge in [0.1, 0.15) is 0 Å². The number of hydrogen-bond acceptors (Lipinski definition) is 3. The van der Waals surface area contributed by atoms with Gasteiger partial charge in [0.2, 0.25) is 0 Å². The number of nitrogens with two attached hydrogens (primary N) is 1. The molecule has 3 heteroatoms. The van der Waals surface area contributed by atoms with Crippen LogP contribution in [0.4, 0.5) is 5.69 Å². The van der Waals surface area contributed by atoms with Crippen LogP contribution in [-0.2, 0) is 5.75 Å². The van der Waals surface area contributed by atoms with E-state index in [1.807, 2.05) is 43.3 Å². The molecule has 0 aliphatic rings. The van der Waals surface area contributed by atoms with Crippen molar-refractivity contribution in [3.8, 4) is 0 Å². The molecule has 2 aromatic rings. The zero-order valence-electron chi connectivity index (χ0n) is 9.18. The van der Waals surface area contributed by atoms with E-state index in [2.05, 4.69) is 11.1 Å². The maximum absolute atomic E-state index is 5.63. The van der Waals surface area contributed by atoms with Crippen LogP contribution in [0.15, 0.2) is 47.4 Å². The third-order valence-electron chi connectivity index (χ3n) is 2.21. The minimum atomic E-state index is 0.804. The summed E-state index contributed by atoms with van der Waals surface area (Å²) in [5.74, 6) is 0.894. The lowest BCUT2D eigenvalue weighted by Gasteiger charge is -2.02. The Labute approximate surface area is 99.9 Å². The number of anilines is 1. The molecule has 0 spiro atoms. The molecule has 0 aliphatic heterocycles. The van der Waals surface area contributed by atoms with Crippen molar-refractivity contribution in [2.45, 2.75) is 17.6 Å². The van der Waals surface area contributed by atoms with Gasteiger partial charge in [-0.2, -0.15) is 0 Å². The van der Waals surface area contributed by atoms with E-state index in [-0.39, 0.29) is 0 Å². The monoisotopic (exact) mass is 230 g/mol. The molecule has 1 heterocycles. The molecule has 0 radical (unpaired) electrons. The van der Waals surface area contributed by atoms with E-state index in [0.717, 1.165) is 22.8 Å². The average molecular weight is 230 g/mol. The van der Waals surface area contributed by atoms with Crippen molar-refractivity contribution in [3.63, 3.8) is 0 Å². The van der Waals surface area contributed by atoms with E-state index in [9.17, 15) is 0 Å². The second kappa shape index (κ2) is 5.03. The third-order valence-corrected chi connectivity index (χ3v) is 3.26. The van der Waals surface area contributed by atoms with Gasteiger partial charge in [-0.25, -0.2) is 0 Å². The second-order valence-corrected chi connectivity index (χ2v) is 4.68. The van der Waals surface area contributed by atoms with Crippen molar-refractivity contribution in [1.82, 2.24) is 4.98 Å². The van der Waals surface area contributed by atoms with Gasteiger partial charge in [-0.3, -0.25) is 4.98 Å². The molecule has 0 saturated carbocycles. The van der Waals surface area contributed by atoms with E-state index < -0.39 is 0 Å². The zero-order chi connectivity index (χ0) is 11.4. The molecule has 82 valence electrons. The van der Waals surface area contributed by atoms with Gasteiger partial charge in [-0.1, -0.05) is 6.07 Å². The SMILES string of the molecule is Cc1cccc(CSc2ccc(N)cc2)n1. The fourth-order valence-electron chi connectivity index (χ4n) is 1.40. The molecule has 2 nitrogen and oxygen atoms in total. The Morgan fingerprint density at radius 3 is 2.56 bits per heavy atom. The number of benzene rings is 1. The maximum atomic E-state index is 5.63. The lowest BCUT2D eigenvalue weighted by molar-refractivity contribution is 1.11. The van der Waals surface area contributed by atoms with Crippen LogP contribution in [0.3, 0.4) is 0 Å². The topological polar surface area (TPSA) is 38.9 Å². The number of nitrogen functional groups attached to an aromatic ring is 1. The summed E-state index contributed by atoms with van der Waals surface area (Å²) in [6.07, 6.45) is 0. The number of thioether (sulfide) groups is 1. The molecular weight excluding hydrogens is 216 g/mol. The van der Waals surface area contributed by atoms with Crippen LogP contribution < -0.4 is 5.73 Å². The number of rotatable bonds is 3. The highest BCUT2D eigenvalue weighted by Gasteiger charge is 1.97. The first-order valence-corrected chi connectivity index (χ1v) is 6.13. The third kappa shape index (κ3) is 3.00. The number of hydrogen-bond donors (Lipinski definition) is 1. The van der Waals surface area contributed by atoms with Gasteiger partial charge < -0.3 is 5.73 Å². The maximum Gasteiger partial charge on any atom is 0.0509 e. The van der Waals surface area contributed by atoms with Crippen LogP contribution in [0.1, 0.15) is 11.4 Å². The molecule has 0 unspecified atom stereocenters. The van der Waals surface area contributed by atoms with Crippen LogP contribution in [0.5, 0.6) is 0 Å². The van der Waals surface area contributed by atoms with Gasteiger partial charge in [0.05, 0.1) is 5.69 Å². The van der Waals surface area contributed by atoms with E-state index in [4.69, 9.17) is 5.73 Å². The van der Waals surface area contributed by atoms with Gasteiger partial charge in [-0.15, -0.1) is 11.8 Å². The molecule has 2 N–H and O–H groups in total. The molecule has 0 fully saturated rings. The highest BCUT2D eigenvalue weighted by molar-refractivity contribution is 7.98. The lowest BCUT2D eigenvalue weighted by atomic mass is 10.3. The second-order valence-electron chi connectivity index (χ2n) is 3.63. The zero-order valence-corrected chi connectivity index (χ0v) is 10.00. The number of aromatic nitrogens is 1. The van der Waals surface area contributed by atoms with Gasteiger partial charge in [-0.05, 0) is 43.3 Å². The molecule has 16 heavy (non-hydrogen) atoms. The summed E-state index contributed by atoms with van der Waals surface area (Å²) < 4.78 is 0. The molecule has 0 saturated heterocycles. The number of aryl methyl sites for hydroxylation is 1. The van der Waals surface area contributed by atoms with Crippen LogP contribution >= 0.6 is 11.8 Å². The normalized spacial score (nSPS) is 10.3. The molecule has 0 aliphatic carbocycles. The van der Waals surface area contributed by atoms with Gasteiger partial charge in [0.15, 0.2) is 0 Å². The molecule has 0 amide bonds. The van der Waals surface area contributed by atoms with Crippen molar-refractivity contribution in [2.24, 2.45) is 0 Å². The Bertz CT molecular complexity index is 466. The van der Waals surface area contributed by atoms with Crippen molar-refractivity contribution in [2.75, 3.05) is 5.73 Å². The van der Waals surface area contributed by atoms with Crippen LogP contribution in [-0.4, -0.2) is 4.98 Å². The van der Waals surface area contributed by atoms with Gasteiger partial charge in [0, 0.05) is 22.0 Å². The number of nitrogens with zero attached hydrogens (tertiary/aromatic N) is 1. The van der Waals surface area contributed by atoms with E-state index in [1.165, 1.54) is 4.90 Å². The highest BCUT2D eigenvalue weighted by atomic mass is 32.2. The summed E-state index contributed by atoms with van der Waals surface area (Å²) in [4.78, 5) is 5.68. The summed E-state index contributed by atoms with van der Waals surface area (Å²) in [7, 11) is 0. The van der Waals surface area contributed by atoms with Crippen molar-refractivity contribution >= 4 is 17.4 Å². The van der Waals surface area contributed by atoms with Crippen molar-refractivity contribution < 1.29 is 0 Å². The Morgan fingerprint density at radius 2 is 1.88 bits per heavy atom. The average Bonchev–Trinajstić information content (AvgIpc) is 2.28. The van der Waals surface area contributed by atoms with E-state index >= 15 is 0 Å². The summed E-state index contributed by atoms with van der Waals surface area (Å²) in [6, 6.07) is 14.0. The largest absolute Gasteiger partial charge is 0.399 e. The van der Waals surface area contributed by atoms with Crippen LogP contribution in [0.25, 0.3) is 0 Å². The first-order chi connectivity index (χ1) is 7.74. The fraction of sp³-hybridized carbons (Fsp3) is 0.154. The first-order valence-electron chi connectivity index (χ1n) is 5.15. The summed E-state index contributed by atoms with van der Waals surface area (Å²) in [5, 5.41) is 0. The summed E-state index contributed by atoms with van der Waals surface area (Å²) in [5.41, 5.74) is 8.61. The Kier molecular flexibility index (Phi) is 3.47. The highest BCUT2D eigenvalue weighted by Crippen LogP contribution is 2.22. The Balaban J connectivity index is 1.99. The minimum absolute atomic E-state index is 0.804. The van der Waals surface area contributed by atoms with Crippen molar-refractivity contribution in [3.05, 3.63) is 53.9 Å². The molecule has 1 aromatic heterocycles. The van der Waals surface area contributed by atoms with E-state index in [0.29, 0.717) is 0 Å². The summed E-state index contributed by atoms with van der Waals surface area (Å²) in [6.45, 7) is 2.01. The lowest BCUT2D eigenvalue weighted by Crippen LogP contribution is -1.89. The Hall–Kier alpha value is -1.48. The molecule has 0 bridgehead atoms. The molecule has 2 rings (SSSR count). The minimum Gasteiger partial charge on any atom is -0.399 e. The smallest absolute Gasteiger partial charge is 0.0509 e. The predicted molar refractivity (Wildman–Crippen MR) is 69.4 cm³/mol. The quantitative estimate of drug-likeness (QED) is 0.649. The molecular formula is C13H14N2S. The molecule has 1 aromatic carbocycles. The fourth-order valence-corrected chi connectivity index (χ4v) is 2.21. The van der Waals surface area contributed by atoms with E-state index in [1.54, 1.807) is 11.8 Å². The molecule has 0 atom stereocenters.